The predicted molar refractivity (Wildman–Crippen MR) is 97.6 cm³/mol. The number of nitrogens with one attached hydrogen (secondary N) is 2. The highest BCUT2D eigenvalue weighted by atomic mass is 32.1. The van der Waals surface area contributed by atoms with Crippen LogP contribution in [0.1, 0.15) is 15.5 Å². The topological polar surface area (TPSA) is 70.7 Å². The van der Waals surface area contributed by atoms with E-state index in [4.69, 9.17) is 0 Å². The van der Waals surface area contributed by atoms with Crippen molar-refractivity contribution < 1.29 is 4.79 Å². The summed E-state index contributed by atoms with van der Waals surface area (Å²) in [6.07, 6.45) is 0.716. The van der Waals surface area contributed by atoms with Gasteiger partial charge in [-0.2, -0.15) is 5.10 Å². The fraction of sp³-hybridized carbons (Fsp3) is 0.118. The molecule has 0 bridgehead atoms. The standard InChI is InChI=1S/C17H14N4OS2/c22-17(13-10-12(20-21-13)14-6-3-9-23-14)18-8-7-16-19-11-4-1-2-5-15(11)24-16/h1-6,9-10H,7-8H2,(H,18,22)(H,20,21). The minimum Gasteiger partial charge on any atom is -0.350 e. The highest BCUT2D eigenvalue weighted by Crippen LogP contribution is 2.23. The Morgan fingerprint density at radius 1 is 1.21 bits per heavy atom. The lowest BCUT2D eigenvalue weighted by molar-refractivity contribution is 0.0949. The molecular weight excluding hydrogens is 340 g/mol. The summed E-state index contributed by atoms with van der Waals surface area (Å²) < 4.78 is 1.17. The Bertz CT molecular complexity index is 938. The molecule has 3 heterocycles. The van der Waals surface area contributed by atoms with Gasteiger partial charge in [0.1, 0.15) is 0 Å². The van der Waals surface area contributed by atoms with E-state index in [-0.39, 0.29) is 5.91 Å². The van der Waals surface area contributed by atoms with Crippen LogP contribution in [0.25, 0.3) is 20.8 Å². The maximum Gasteiger partial charge on any atom is 0.271 e. The smallest absolute Gasteiger partial charge is 0.271 e. The SMILES string of the molecule is O=C(NCCc1nc2ccccc2s1)c1cc(-c2cccs2)[nH]n1. The van der Waals surface area contributed by atoms with Gasteiger partial charge in [0, 0.05) is 13.0 Å². The van der Waals surface area contributed by atoms with Crippen LogP contribution in [0.15, 0.2) is 47.8 Å². The first-order chi connectivity index (χ1) is 11.8. The van der Waals surface area contributed by atoms with Crippen molar-refractivity contribution in [3.05, 3.63) is 58.5 Å². The minimum atomic E-state index is -0.171. The third kappa shape index (κ3) is 3.08. The molecule has 2 N–H and O–H groups in total. The summed E-state index contributed by atoms with van der Waals surface area (Å²) in [5.41, 5.74) is 2.28. The zero-order valence-electron chi connectivity index (χ0n) is 12.7. The monoisotopic (exact) mass is 354 g/mol. The number of hydrogen-bond donors (Lipinski definition) is 2. The summed E-state index contributed by atoms with van der Waals surface area (Å²) in [5, 5.41) is 12.9. The Balaban J connectivity index is 1.36. The van der Waals surface area contributed by atoms with Crippen molar-refractivity contribution in [3.8, 4) is 10.6 Å². The summed E-state index contributed by atoms with van der Waals surface area (Å²) in [4.78, 5) is 17.8. The quantitative estimate of drug-likeness (QED) is 0.574. The molecule has 7 heteroatoms. The molecule has 0 saturated carbocycles. The number of nitrogens with zero attached hydrogens (tertiary/aromatic N) is 2. The van der Waals surface area contributed by atoms with Crippen molar-refractivity contribution in [2.45, 2.75) is 6.42 Å². The second kappa shape index (κ2) is 6.54. The van der Waals surface area contributed by atoms with E-state index in [1.807, 2.05) is 35.7 Å². The van der Waals surface area contributed by atoms with E-state index in [1.54, 1.807) is 28.7 Å². The predicted octanol–water partition coefficient (Wildman–Crippen LogP) is 3.72. The van der Waals surface area contributed by atoms with Crippen molar-refractivity contribution in [2.24, 2.45) is 0 Å². The van der Waals surface area contributed by atoms with E-state index < -0.39 is 0 Å². The van der Waals surface area contributed by atoms with Crippen LogP contribution in [0.5, 0.6) is 0 Å². The van der Waals surface area contributed by atoms with Crippen molar-refractivity contribution >= 4 is 38.8 Å². The number of benzene rings is 1. The Morgan fingerprint density at radius 3 is 2.96 bits per heavy atom. The highest BCUT2D eigenvalue weighted by Gasteiger charge is 2.12. The lowest BCUT2D eigenvalue weighted by Gasteiger charge is -2.00. The molecule has 3 aromatic heterocycles. The number of thiophene rings is 1. The van der Waals surface area contributed by atoms with Gasteiger partial charge in [-0.1, -0.05) is 18.2 Å². The number of hydrogen-bond acceptors (Lipinski definition) is 5. The second-order valence-electron chi connectivity index (χ2n) is 5.23. The van der Waals surface area contributed by atoms with E-state index in [9.17, 15) is 4.79 Å². The van der Waals surface area contributed by atoms with Crippen LogP contribution in [0.3, 0.4) is 0 Å². The molecule has 24 heavy (non-hydrogen) atoms. The van der Waals surface area contributed by atoms with Crippen molar-refractivity contribution in [1.29, 1.82) is 0 Å². The zero-order chi connectivity index (χ0) is 16.4. The normalized spacial score (nSPS) is 11.0. The van der Waals surface area contributed by atoms with Gasteiger partial charge in [-0.3, -0.25) is 9.89 Å². The van der Waals surface area contributed by atoms with Crippen LogP contribution >= 0.6 is 22.7 Å². The molecular formula is C17H14N4OS2. The lowest BCUT2D eigenvalue weighted by atomic mass is 10.3. The third-order valence-corrected chi connectivity index (χ3v) is 5.56. The Hall–Kier alpha value is -2.51. The molecule has 1 amide bonds. The number of thiazole rings is 1. The first-order valence-corrected chi connectivity index (χ1v) is 9.21. The molecule has 1 aromatic carbocycles. The summed E-state index contributed by atoms with van der Waals surface area (Å²) in [5.74, 6) is -0.171. The van der Waals surface area contributed by atoms with Gasteiger partial charge in [-0.05, 0) is 29.6 Å². The summed E-state index contributed by atoms with van der Waals surface area (Å²) >= 11 is 3.27. The number of fused-ring (bicyclic) bond motifs is 1. The molecule has 0 radical (unpaired) electrons. The Kier molecular flexibility index (Phi) is 4.10. The molecule has 4 rings (SSSR count). The van der Waals surface area contributed by atoms with Gasteiger partial charge in [0.25, 0.3) is 5.91 Å². The second-order valence-corrected chi connectivity index (χ2v) is 7.29. The van der Waals surface area contributed by atoms with Gasteiger partial charge in [-0.25, -0.2) is 4.98 Å². The molecule has 0 aliphatic carbocycles. The molecule has 0 spiro atoms. The third-order valence-electron chi connectivity index (χ3n) is 3.56. The first-order valence-electron chi connectivity index (χ1n) is 7.51. The molecule has 0 aliphatic rings. The Labute approximate surface area is 146 Å². The molecule has 120 valence electrons. The number of amides is 1. The van der Waals surface area contributed by atoms with E-state index in [0.717, 1.165) is 21.1 Å². The van der Waals surface area contributed by atoms with Gasteiger partial charge in [-0.15, -0.1) is 22.7 Å². The number of carbonyl (C=O) groups excluding carboxylic acids is 1. The molecule has 0 unspecified atom stereocenters. The van der Waals surface area contributed by atoms with E-state index >= 15 is 0 Å². The molecule has 0 saturated heterocycles. The first kappa shape index (κ1) is 15.0. The van der Waals surface area contributed by atoms with Crippen molar-refractivity contribution in [1.82, 2.24) is 20.5 Å². The number of para-hydroxylation sites is 1. The number of aromatic amines is 1. The van der Waals surface area contributed by atoms with E-state index in [0.29, 0.717) is 18.7 Å². The summed E-state index contributed by atoms with van der Waals surface area (Å²) in [7, 11) is 0. The number of rotatable bonds is 5. The number of H-pyrrole nitrogens is 1. The average molecular weight is 354 g/mol. The molecule has 0 fully saturated rings. The largest absolute Gasteiger partial charge is 0.350 e. The highest BCUT2D eigenvalue weighted by molar-refractivity contribution is 7.18. The average Bonchev–Trinajstić information content (AvgIpc) is 3.33. The van der Waals surface area contributed by atoms with Gasteiger partial charge in [0.05, 0.1) is 25.8 Å². The molecule has 0 atom stereocenters. The number of carbonyl (C=O) groups is 1. The summed E-state index contributed by atoms with van der Waals surface area (Å²) in [6.45, 7) is 0.542. The molecule has 5 nitrogen and oxygen atoms in total. The van der Waals surface area contributed by atoms with Crippen LogP contribution in [0.2, 0.25) is 0 Å². The fourth-order valence-corrected chi connectivity index (χ4v) is 4.06. The van der Waals surface area contributed by atoms with Crippen LogP contribution in [0, 0.1) is 0 Å². The fourth-order valence-electron chi connectivity index (χ4n) is 2.40. The Morgan fingerprint density at radius 2 is 2.12 bits per heavy atom. The van der Waals surface area contributed by atoms with Crippen LogP contribution in [0.4, 0.5) is 0 Å². The molecule has 4 aromatic rings. The number of aromatic nitrogens is 3. The van der Waals surface area contributed by atoms with Crippen molar-refractivity contribution in [3.63, 3.8) is 0 Å². The zero-order valence-corrected chi connectivity index (χ0v) is 14.3. The van der Waals surface area contributed by atoms with Gasteiger partial charge in [0.2, 0.25) is 0 Å². The molecule has 0 aliphatic heterocycles. The van der Waals surface area contributed by atoms with Crippen LogP contribution < -0.4 is 5.32 Å². The van der Waals surface area contributed by atoms with Crippen molar-refractivity contribution in [2.75, 3.05) is 6.54 Å². The van der Waals surface area contributed by atoms with Crippen LogP contribution in [-0.4, -0.2) is 27.6 Å². The maximum absolute atomic E-state index is 12.2. The summed E-state index contributed by atoms with van der Waals surface area (Å²) in [6, 6.07) is 13.8. The van der Waals surface area contributed by atoms with E-state index in [1.165, 1.54) is 4.70 Å². The van der Waals surface area contributed by atoms with Gasteiger partial charge < -0.3 is 5.32 Å². The minimum absolute atomic E-state index is 0.171. The van der Waals surface area contributed by atoms with Gasteiger partial charge in [0.15, 0.2) is 5.69 Å². The van der Waals surface area contributed by atoms with E-state index in [2.05, 4.69) is 26.6 Å². The lowest BCUT2D eigenvalue weighted by Crippen LogP contribution is -2.25. The van der Waals surface area contributed by atoms with Gasteiger partial charge >= 0.3 is 0 Å². The maximum atomic E-state index is 12.2. The van der Waals surface area contributed by atoms with Crippen LogP contribution in [-0.2, 0) is 6.42 Å².